The highest BCUT2D eigenvalue weighted by Gasteiger charge is 2.25. The maximum absolute atomic E-state index is 12.5. The number of carbonyl (C=O) groups excluding carboxylic acids is 3. The minimum absolute atomic E-state index is 0. The number of azide groups is 1. The summed E-state index contributed by atoms with van der Waals surface area (Å²) in [5, 5.41) is 19.8. The lowest BCUT2D eigenvalue weighted by molar-refractivity contribution is -0.129. The first-order valence-electron chi connectivity index (χ1n) is 10.1. The van der Waals surface area contributed by atoms with Gasteiger partial charge in [0.15, 0.2) is 0 Å². The van der Waals surface area contributed by atoms with Gasteiger partial charge in [0.05, 0.1) is 13.2 Å². The summed E-state index contributed by atoms with van der Waals surface area (Å²) in [7, 11) is -4.92. The molecule has 36 heavy (non-hydrogen) atoms. The third-order valence-corrected chi connectivity index (χ3v) is 4.89. The van der Waals surface area contributed by atoms with Gasteiger partial charge in [0.25, 0.3) is 5.91 Å². The van der Waals surface area contributed by atoms with Gasteiger partial charge >= 0.3 is 7.82 Å². The Bertz CT molecular complexity index is 1140. The molecule has 0 heterocycles. The molecule has 16 heteroatoms. The van der Waals surface area contributed by atoms with Gasteiger partial charge in [0, 0.05) is 22.7 Å². The third kappa shape index (κ3) is 11.2. The van der Waals surface area contributed by atoms with Crippen molar-refractivity contribution in [3.63, 3.8) is 0 Å². The molecule has 6 N–H and O–H groups in total. The van der Waals surface area contributed by atoms with Gasteiger partial charge in [-0.25, -0.2) is 4.57 Å². The van der Waals surface area contributed by atoms with Crippen LogP contribution < -0.4 is 16.0 Å². The SMILES string of the molecule is S.[N-]=[N+]=Nc1ccc(C(=O)NCC(=O)N[C@@H](COP(=O)(O)O)C(=O)NCCc2ccc(O)cc2)cc1. The Balaban J connectivity index is 0.00000648. The van der Waals surface area contributed by atoms with E-state index in [-0.39, 0.29) is 31.4 Å². The average molecular weight is 540 g/mol. The number of phenolic OH excluding ortho intramolecular Hbond substituents is 1. The highest BCUT2D eigenvalue weighted by atomic mass is 32.1. The van der Waals surface area contributed by atoms with Crippen LogP contribution in [-0.2, 0) is 25.1 Å². The molecular weight excluding hydrogens is 515 g/mol. The van der Waals surface area contributed by atoms with E-state index in [1.165, 1.54) is 36.4 Å². The molecule has 2 aromatic carbocycles. The number of rotatable bonds is 12. The number of carbonyl (C=O) groups is 3. The second-order valence-corrected chi connectivity index (χ2v) is 8.27. The molecule has 0 spiro atoms. The Morgan fingerprint density at radius 1 is 1.06 bits per heavy atom. The maximum atomic E-state index is 12.5. The Hall–Kier alpha value is -3.58. The number of amides is 3. The molecule has 1 atom stereocenters. The van der Waals surface area contributed by atoms with Gasteiger partial charge in [-0.05, 0) is 41.8 Å². The van der Waals surface area contributed by atoms with Crippen LogP contribution in [0.25, 0.3) is 10.4 Å². The van der Waals surface area contributed by atoms with E-state index in [2.05, 4.69) is 30.5 Å². The first kappa shape index (κ1) is 30.5. The van der Waals surface area contributed by atoms with Crippen molar-refractivity contribution in [2.24, 2.45) is 5.11 Å². The van der Waals surface area contributed by atoms with E-state index in [1.807, 2.05) is 0 Å². The van der Waals surface area contributed by atoms with Crippen LogP contribution in [0.4, 0.5) is 5.69 Å². The Labute approximate surface area is 212 Å². The molecule has 0 aliphatic carbocycles. The van der Waals surface area contributed by atoms with Crippen LogP contribution in [0.15, 0.2) is 53.6 Å². The maximum Gasteiger partial charge on any atom is 0.469 e. The van der Waals surface area contributed by atoms with Crippen molar-refractivity contribution in [2.45, 2.75) is 12.5 Å². The summed E-state index contributed by atoms with van der Waals surface area (Å²) in [6.07, 6.45) is 0.389. The predicted octanol–water partition coefficient (Wildman–Crippen LogP) is 1.13. The molecule has 0 unspecified atom stereocenters. The van der Waals surface area contributed by atoms with Crippen LogP contribution in [0, 0.1) is 0 Å². The number of nitrogens with one attached hydrogen (secondary N) is 3. The molecule has 2 rings (SSSR count). The van der Waals surface area contributed by atoms with Crippen LogP contribution >= 0.6 is 21.3 Å². The molecule has 0 aliphatic heterocycles. The van der Waals surface area contributed by atoms with E-state index in [4.69, 9.17) is 15.3 Å². The number of hydrogen-bond donors (Lipinski definition) is 6. The first-order chi connectivity index (χ1) is 16.6. The van der Waals surface area contributed by atoms with Crippen LogP contribution in [0.5, 0.6) is 5.75 Å². The van der Waals surface area contributed by atoms with Crippen molar-refractivity contribution in [1.82, 2.24) is 16.0 Å². The summed E-state index contributed by atoms with van der Waals surface area (Å²) < 4.78 is 15.4. The second-order valence-electron chi connectivity index (χ2n) is 7.03. The second kappa shape index (κ2) is 14.7. The van der Waals surface area contributed by atoms with Gasteiger partial charge in [0.2, 0.25) is 11.8 Å². The fourth-order valence-corrected chi connectivity index (χ4v) is 3.05. The van der Waals surface area contributed by atoms with E-state index < -0.39 is 44.7 Å². The molecule has 0 saturated heterocycles. The van der Waals surface area contributed by atoms with Gasteiger partial charge in [-0.3, -0.25) is 18.9 Å². The fraction of sp³-hybridized carbons (Fsp3) is 0.250. The first-order valence-corrected chi connectivity index (χ1v) is 11.6. The molecule has 0 aromatic heterocycles. The van der Waals surface area contributed by atoms with Crippen LogP contribution in [0.2, 0.25) is 0 Å². The fourth-order valence-electron chi connectivity index (χ4n) is 2.71. The molecule has 194 valence electrons. The standard InChI is InChI=1S/C20H23N6O8P.H2S/c21-26-25-15-5-3-14(4-6-15)19(29)23-11-18(28)24-17(12-34-35(31,32)33)20(30)22-10-9-13-1-7-16(27)8-2-13;/h1-8,17,27H,9-12H2,(H,22,30)(H,23,29)(H,24,28)(H2,31,32,33);1H2/t17-;/m0./s1. The molecule has 0 radical (unpaired) electrons. The van der Waals surface area contributed by atoms with E-state index in [9.17, 15) is 24.1 Å². The van der Waals surface area contributed by atoms with Crippen molar-refractivity contribution in [1.29, 1.82) is 0 Å². The highest BCUT2D eigenvalue weighted by molar-refractivity contribution is 7.59. The quantitative estimate of drug-likeness (QED) is 0.0988. The average Bonchev–Trinajstić information content (AvgIpc) is 2.81. The zero-order valence-electron chi connectivity index (χ0n) is 18.7. The molecule has 0 aliphatic rings. The lowest BCUT2D eigenvalue weighted by atomic mass is 10.1. The summed E-state index contributed by atoms with van der Waals surface area (Å²) in [4.78, 5) is 57.4. The predicted molar refractivity (Wildman–Crippen MR) is 133 cm³/mol. The molecule has 3 amide bonds. The molecule has 2 aromatic rings. The van der Waals surface area contributed by atoms with Crippen molar-refractivity contribution in [3.05, 3.63) is 70.1 Å². The number of hydrogen-bond acceptors (Lipinski definition) is 7. The summed E-state index contributed by atoms with van der Waals surface area (Å²) in [6.45, 7) is -1.21. The highest BCUT2D eigenvalue weighted by Crippen LogP contribution is 2.35. The summed E-state index contributed by atoms with van der Waals surface area (Å²) in [6, 6.07) is 10.4. The van der Waals surface area contributed by atoms with Crippen LogP contribution in [0.1, 0.15) is 15.9 Å². The Morgan fingerprint density at radius 3 is 2.28 bits per heavy atom. The van der Waals surface area contributed by atoms with Gasteiger partial charge in [-0.2, -0.15) is 13.5 Å². The third-order valence-electron chi connectivity index (χ3n) is 4.41. The van der Waals surface area contributed by atoms with Crippen molar-refractivity contribution in [3.8, 4) is 5.75 Å². The lowest BCUT2D eigenvalue weighted by Gasteiger charge is -2.19. The number of nitrogens with zero attached hydrogens (tertiary/aromatic N) is 3. The largest absolute Gasteiger partial charge is 0.508 e. The monoisotopic (exact) mass is 540 g/mol. The summed E-state index contributed by atoms with van der Waals surface area (Å²) >= 11 is 0. The number of aromatic hydroxyl groups is 1. The molecule has 0 fully saturated rings. The minimum atomic E-state index is -4.92. The summed E-state index contributed by atoms with van der Waals surface area (Å²) in [5.74, 6) is -2.09. The number of phenols is 1. The molecule has 0 saturated carbocycles. The zero-order chi connectivity index (χ0) is 25.8. The molecule has 0 bridgehead atoms. The normalized spacial score (nSPS) is 11.3. The Morgan fingerprint density at radius 2 is 1.69 bits per heavy atom. The van der Waals surface area contributed by atoms with E-state index in [0.717, 1.165) is 5.56 Å². The van der Waals surface area contributed by atoms with Gasteiger partial charge in [-0.1, -0.05) is 29.4 Å². The van der Waals surface area contributed by atoms with Crippen molar-refractivity contribution >= 4 is 44.7 Å². The number of benzene rings is 2. The zero-order valence-corrected chi connectivity index (χ0v) is 20.6. The van der Waals surface area contributed by atoms with E-state index in [1.54, 1.807) is 12.1 Å². The van der Waals surface area contributed by atoms with Gasteiger partial charge in [-0.15, -0.1) is 0 Å². The summed E-state index contributed by atoms with van der Waals surface area (Å²) in [5.41, 5.74) is 9.68. The minimum Gasteiger partial charge on any atom is -0.508 e. The Kier molecular flexibility index (Phi) is 12.5. The van der Waals surface area contributed by atoms with Crippen LogP contribution in [0.3, 0.4) is 0 Å². The van der Waals surface area contributed by atoms with E-state index in [0.29, 0.717) is 12.1 Å². The van der Waals surface area contributed by atoms with Crippen LogP contribution in [-0.4, -0.2) is 58.4 Å². The van der Waals surface area contributed by atoms with E-state index >= 15 is 0 Å². The van der Waals surface area contributed by atoms with Crippen molar-refractivity contribution in [2.75, 3.05) is 19.7 Å². The van der Waals surface area contributed by atoms with Crippen molar-refractivity contribution < 1.29 is 38.4 Å². The lowest BCUT2D eigenvalue weighted by Crippen LogP contribution is -2.51. The topological polar surface area (TPSA) is 223 Å². The smallest absolute Gasteiger partial charge is 0.469 e. The number of phosphoric ester groups is 1. The van der Waals surface area contributed by atoms with Gasteiger partial charge < -0.3 is 30.8 Å². The van der Waals surface area contributed by atoms with Gasteiger partial charge in [0.1, 0.15) is 11.8 Å². The molecule has 14 nitrogen and oxygen atoms in total. The molecular formula is C20H25N6O8PS. The number of phosphoric acid groups is 1.